The molecule has 1 aromatic heterocycles. The van der Waals surface area contributed by atoms with Crippen molar-refractivity contribution in [2.45, 2.75) is 20.5 Å². The van der Waals surface area contributed by atoms with E-state index in [2.05, 4.69) is 9.72 Å². The van der Waals surface area contributed by atoms with Gasteiger partial charge in [-0.05, 0) is 43.7 Å². The molecule has 0 saturated heterocycles. The summed E-state index contributed by atoms with van der Waals surface area (Å²) >= 11 is 0. The lowest BCUT2D eigenvalue weighted by Crippen LogP contribution is -2.05. The Balaban J connectivity index is 2.01. The lowest BCUT2D eigenvalue weighted by molar-refractivity contribution is -0.0514. The van der Waals surface area contributed by atoms with Gasteiger partial charge in [-0.3, -0.25) is 4.79 Å². The number of Topliss-reactive ketones (excluding diaryl/α,β-unsaturated/α-hetero) is 1. The first-order valence-electron chi connectivity index (χ1n) is 8.90. The SMILES string of the molecule is CCOc1cc(C=C(C#N)C(=O)c2c(C)[nH]c3ccccc23)ccc1OC(F)F. The highest BCUT2D eigenvalue weighted by atomic mass is 19.3. The number of aromatic nitrogens is 1. The van der Waals surface area contributed by atoms with Crippen molar-refractivity contribution >= 4 is 22.8 Å². The van der Waals surface area contributed by atoms with E-state index in [1.165, 1.54) is 24.3 Å². The van der Waals surface area contributed by atoms with Gasteiger partial charge in [-0.15, -0.1) is 0 Å². The average molecular weight is 396 g/mol. The third-order valence-electron chi connectivity index (χ3n) is 4.28. The molecule has 5 nitrogen and oxygen atoms in total. The lowest BCUT2D eigenvalue weighted by atomic mass is 9.99. The van der Waals surface area contributed by atoms with Gasteiger partial charge in [0.2, 0.25) is 5.78 Å². The van der Waals surface area contributed by atoms with Crippen molar-refractivity contribution in [3.05, 3.63) is 64.9 Å². The van der Waals surface area contributed by atoms with E-state index < -0.39 is 12.4 Å². The third kappa shape index (κ3) is 4.27. The van der Waals surface area contributed by atoms with Crippen molar-refractivity contribution in [1.82, 2.24) is 4.98 Å². The molecule has 0 bridgehead atoms. The van der Waals surface area contributed by atoms with E-state index in [1.807, 2.05) is 30.3 Å². The molecule has 0 aliphatic carbocycles. The minimum atomic E-state index is -2.99. The van der Waals surface area contributed by atoms with Crippen molar-refractivity contribution in [3.8, 4) is 17.6 Å². The molecule has 29 heavy (non-hydrogen) atoms. The summed E-state index contributed by atoms with van der Waals surface area (Å²) in [5.74, 6) is -0.431. The molecule has 0 spiro atoms. The number of allylic oxidation sites excluding steroid dienone is 1. The van der Waals surface area contributed by atoms with Crippen molar-refractivity contribution in [2.24, 2.45) is 0 Å². The fraction of sp³-hybridized carbons (Fsp3) is 0.182. The number of hydrogen-bond donors (Lipinski definition) is 1. The Hall–Kier alpha value is -3.66. The van der Waals surface area contributed by atoms with Gasteiger partial charge in [0.15, 0.2) is 11.5 Å². The molecule has 0 radical (unpaired) electrons. The van der Waals surface area contributed by atoms with Crippen LogP contribution >= 0.6 is 0 Å². The number of para-hydroxylation sites is 1. The Morgan fingerprint density at radius 2 is 2.00 bits per heavy atom. The first-order valence-corrected chi connectivity index (χ1v) is 8.90. The molecule has 0 amide bonds. The first kappa shape index (κ1) is 20.1. The first-order chi connectivity index (χ1) is 13.9. The van der Waals surface area contributed by atoms with E-state index in [-0.39, 0.29) is 23.7 Å². The highest BCUT2D eigenvalue weighted by Gasteiger charge is 2.20. The van der Waals surface area contributed by atoms with E-state index in [9.17, 15) is 18.8 Å². The molecule has 0 unspecified atom stereocenters. The largest absolute Gasteiger partial charge is 0.490 e. The molecular formula is C22H18F2N2O3. The van der Waals surface area contributed by atoms with E-state index >= 15 is 0 Å². The van der Waals surface area contributed by atoms with Crippen LogP contribution in [0.1, 0.15) is 28.5 Å². The summed E-state index contributed by atoms with van der Waals surface area (Å²) in [6.07, 6.45) is 1.40. The number of H-pyrrole nitrogens is 1. The molecule has 1 N–H and O–H groups in total. The molecular weight excluding hydrogens is 378 g/mol. The number of fused-ring (bicyclic) bond motifs is 1. The number of nitrogens with zero attached hydrogens (tertiary/aromatic N) is 1. The summed E-state index contributed by atoms with van der Waals surface area (Å²) in [5.41, 5.74) is 2.27. The Morgan fingerprint density at radius 3 is 2.69 bits per heavy atom. The summed E-state index contributed by atoms with van der Waals surface area (Å²) in [4.78, 5) is 16.2. The molecule has 3 rings (SSSR count). The molecule has 0 aliphatic rings. The second kappa shape index (κ2) is 8.57. The summed E-state index contributed by atoms with van der Waals surface area (Å²) < 4.78 is 34.9. The summed E-state index contributed by atoms with van der Waals surface area (Å²) in [6, 6.07) is 13.5. The van der Waals surface area contributed by atoms with Crippen LogP contribution in [0.3, 0.4) is 0 Å². The molecule has 0 saturated carbocycles. The smallest absolute Gasteiger partial charge is 0.387 e. The van der Waals surface area contributed by atoms with E-state index in [4.69, 9.17) is 4.74 Å². The molecule has 0 fully saturated rings. The van der Waals surface area contributed by atoms with Crippen molar-refractivity contribution in [2.75, 3.05) is 6.61 Å². The van der Waals surface area contributed by atoms with Crippen LogP contribution in [0.25, 0.3) is 17.0 Å². The molecule has 1 heterocycles. The number of alkyl halides is 2. The molecule has 7 heteroatoms. The van der Waals surface area contributed by atoms with Crippen molar-refractivity contribution < 1.29 is 23.0 Å². The zero-order valence-electron chi connectivity index (χ0n) is 15.8. The summed E-state index contributed by atoms with van der Waals surface area (Å²) in [7, 11) is 0. The van der Waals surface area contributed by atoms with Crippen LogP contribution in [-0.2, 0) is 0 Å². The Morgan fingerprint density at radius 1 is 1.24 bits per heavy atom. The fourth-order valence-corrected chi connectivity index (χ4v) is 3.10. The van der Waals surface area contributed by atoms with Crippen LogP contribution in [0.5, 0.6) is 11.5 Å². The van der Waals surface area contributed by atoms with Gasteiger partial charge >= 0.3 is 6.61 Å². The number of carbonyl (C=O) groups excluding carboxylic acids is 1. The van der Waals surface area contributed by atoms with Crippen LogP contribution in [-0.4, -0.2) is 24.0 Å². The number of aryl methyl sites for hydroxylation is 1. The number of rotatable bonds is 7. The van der Waals surface area contributed by atoms with Gasteiger partial charge in [-0.2, -0.15) is 14.0 Å². The molecule has 0 atom stereocenters. The number of nitriles is 1. The summed E-state index contributed by atoms with van der Waals surface area (Å²) in [6.45, 7) is 0.729. The van der Waals surface area contributed by atoms with E-state index in [1.54, 1.807) is 13.8 Å². The highest BCUT2D eigenvalue weighted by Crippen LogP contribution is 2.31. The van der Waals surface area contributed by atoms with Crippen LogP contribution in [0.4, 0.5) is 8.78 Å². The van der Waals surface area contributed by atoms with Crippen LogP contribution < -0.4 is 9.47 Å². The normalized spacial score (nSPS) is 11.5. The van der Waals surface area contributed by atoms with Gasteiger partial charge in [0.25, 0.3) is 0 Å². The number of benzene rings is 2. The van der Waals surface area contributed by atoms with Gasteiger partial charge in [0, 0.05) is 16.6 Å². The number of aromatic amines is 1. The fourth-order valence-electron chi connectivity index (χ4n) is 3.10. The predicted octanol–water partition coefficient (Wildman–Crippen LogP) is 5.27. The van der Waals surface area contributed by atoms with Crippen molar-refractivity contribution in [3.63, 3.8) is 0 Å². The maximum atomic E-state index is 13.0. The number of halogens is 2. The van der Waals surface area contributed by atoms with Gasteiger partial charge in [-0.1, -0.05) is 24.3 Å². The number of nitrogens with one attached hydrogen (secondary N) is 1. The maximum Gasteiger partial charge on any atom is 0.387 e. The zero-order valence-corrected chi connectivity index (χ0v) is 15.8. The number of ketones is 1. The van der Waals surface area contributed by atoms with E-state index in [0.29, 0.717) is 16.8 Å². The molecule has 3 aromatic rings. The third-order valence-corrected chi connectivity index (χ3v) is 4.28. The zero-order chi connectivity index (χ0) is 21.0. The van der Waals surface area contributed by atoms with Crippen molar-refractivity contribution in [1.29, 1.82) is 5.26 Å². The second-order valence-electron chi connectivity index (χ2n) is 6.19. The maximum absolute atomic E-state index is 13.0. The van der Waals surface area contributed by atoms with Crippen LogP contribution in [0, 0.1) is 18.3 Å². The van der Waals surface area contributed by atoms with Crippen LogP contribution in [0.15, 0.2) is 48.0 Å². The van der Waals surface area contributed by atoms with Gasteiger partial charge in [-0.25, -0.2) is 0 Å². The molecule has 2 aromatic carbocycles. The Kier molecular flexibility index (Phi) is 5.93. The highest BCUT2D eigenvalue weighted by molar-refractivity contribution is 6.20. The number of hydrogen-bond acceptors (Lipinski definition) is 4. The van der Waals surface area contributed by atoms with Gasteiger partial charge < -0.3 is 14.5 Å². The summed E-state index contributed by atoms with van der Waals surface area (Å²) in [5, 5.41) is 10.3. The minimum Gasteiger partial charge on any atom is -0.490 e. The van der Waals surface area contributed by atoms with Gasteiger partial charge in [0.1, 0.15) is 11.6 Å². The Bertz CT molecular complexity index is 1130. The predicted molar refractivity (Wildman–Crippen MR) is 105 cm³/mol. The standard InChI is InChI=1S/C22H18F2N2O3/c1-3-28-19-11-14(8-9-18(19)29-22(23)24)10-15(12-25)21(27)20-13(2)26-17-7-5-4-6-16(17)20/h4-11,22,26H,3H2,1-2H3. The second-order valence-corrected chi connectivity index (χ2v) is 6.19. The average Bonchev–Trinajstić information content (AvgIpc) is 3.03. The molecule has 0 aliphatic heterocycles. The lowest BCUT2D eigenvalue weighted by Gasteiger charge is -2.11. The number of ether oxygens (including phenoxy) is 2. The van der Waals surface area contributed by atoms with E-state index in [0.717, 1.165) is 10.9 Å². The minimum absolute atomic E-state index is 0.0807. The monoisotopic (exact) mass is 396 g/mol. The number of carbonyl (C=O) groups is 1. The Labute approximate surface area is 166 Å². The van der Waals surface area contributed by atoms with Gasteiger partial charge in [0.05, 0.1) is 12.2 Å². The quantitative estimate of drug-likeness (QED) is 0.336. The van der Waals surface area contributed by atoms with Crippen LogP contribution in [0.2, 0.25) is 0 Å². The topological polar surface area (TPSA) is 75.1 Å². The molecule has 148 valence electrons.